The Hall–Kier alpha value is -3.79. The van der Waals surface area contributed by atoms with E-state index < -0.39 is 0 Å². The van der Waals surface area contributed by atoms with Gasteiger partial charge < -0.3 is 14.6 Å². The molecule has 4 aromatic rings. The number of piperidine rings is 1. The predicted octanol–water partition coefficient (Wildman–Crippen LogP) is 5.49. The topological polar surface area (TPSA) is 86.9 Å². The maximum Gasteiger partial charge on any atom is 0.409 e. The number of aromatic amines is 1. The Kier molecular flexibility index (Phi) is 5.74. The lowest BCUT2D eigenvalue weighted by Gasteiger charge is -2.31. The number of fused-ring (bicyclic) bond motifs is 2. The normalized spacial score (nSPS) is 14.6. The van der Waals surface area contributed by atoms with E-state index in [2.05, 4.69) is 51.9 Å². The zero-order valence-corrected chi connectivity index (χ0v) is 18.8. The number of rotatable bonds is 5. The van der Waals surface area contributed by atoms with E-state index in [1.54, 1.807) is 0 Å². The van der Waals surface area contributed by atoms with Crippen molar-refractivity contribution in [3.05, 3.63) is 60.0 Å². The Balaban J connectivity index is 1.37. The molecule has 1 N–H and O–H groups in total. The highest BCUT2D eigenvalue weighted by Gasteiger charge is 2.26. The van der Waals surface area contributed by atoms with Crippen LogP contribution >= 0.6 is 0 Å². The van der Waals surface area contributed by atoms with E-state index in [9.17, 15) is 4.79 Å². The molecular formula is C26H27N5O2. The Bertz CT molecular complexity index is 1340. The number of hydrogen-bond acceptors (Lipinski definition) is 4. The van der Waals surface area contributed by atoms with Gasteiger partial charge in [-0.3, -0.25) is 4.57 Å². The number of H-pyrrole nitrogens is 1. The first-order chi connectivity index (χ1) is 16.2. The first-order valence-corrected chi connectivity index (χ1v) is 11.6. The van der Waals surface area contributed by atoms with Crippen LogP contribution in [0.5, 0.6) is 0 Å². The number of ether oxygens (including phenoxy) is 1. The Labute approximate surface area is 192 Å². The molecule has 7 heteroatoms. The van der Waals surface area contributed by atoms with Crippen LogP contribution in [0.4, 0.5) is 4.79 Å². The van der Waals surface area contributed by atoms with Gasteiger partial charge in [0.15, 0.2) is 0 Å². The zero-order valence-electron chi connectivity index (χ0n) is 18.8. The van der Waals surface area contributed by atoms with Crippen LogP contribution in [0.3, 0.4) is 0 Å². The predicted molar refractivity (Wildman–Crippen MR) is 127 cm³/mol. The summed E-state index contributed by atoms with van der Waals surface area (Å²) in [4.78, 5) is 22.0. The van der Waals surface area contributed by atoms with E-state index in [0.717, 1.165) is 61.0 Å². The zero-order chi connectivity index (χ0) is 22.8. The monoisotopic (exact) mass is 441 g/mol. The highest BCUT2D eigenvalue weighted by atomic mass is 16.6. The van der Waals surface area contributed by atoms with Gasteiger partial charge in [0.05, 0.1) is 29.3 Å². The van der Waals surface area contributed by atoms with Gasteiger partial charge >= 0.3 is 6.09 Å². The fraction of sp³-hybridized carbons (Fsp3) is 0.346. The van der Waals surface area contributed by atoms with Crippen LogP contribution < -0.4 is 0 Å². The summed E-state index contributed by atoms with van der Waals surface area (Å²) in [6.07, 6.45) is 7.51. The van der Waals surface area contributed by atoms with Crippen molar-refractivity contribution in [3.8, 4) is 11.8 Å². The third kappa shape index (κ3) is 4.05. The molecule has 0 unspecified atom stereocenters. The smallest absolute Gasteiger partial charge is 0.409 e. The number of benzene rings is 2. The van der Waals surface area contributed by atoms with Gasteiger partial charge in [-0.05, 0) is 67.1 Å². The summed E-state index contributed by atoms with van der Waals surface area (Å²) in [6, 6.07) is 14.1. The molecule has 1 aliphatic heterocycles. The summed E-state index contributed by atoms with van der Waals surface area (Å²) >= 11 is 0. The van der Waals surface area contributed by atoms with Crippen LogP contribution in [0.1, 0.15) is 49.7 Å². The van der Waals surface area contributed by atoms with Crippen molar-refractivity contribution in [2.75, 3.05) is 19.7 Å². The summed E-state index contributed by atoms with van der Waals surface area (Å²) in [5.74, 6) is 0.395. The van der Waals surface area contributed by atoms with Gasteiger partial charge in [0.1, 0.15) is 6.33 Å². The number of nitrogens with one attached hydrogen (secondary N) is 1. The van der Waals surface area contributed by atoms with Gasteiger partial charge in [-0.2, -0.15) is 5.26 Å². The molecule has 3 heterocycles. The number of likely N-dealkylation sites (tertiary alicyclic amines) is 1. The second-order valence-corrected chi connectivity index (χ2v) is 8.63. The average molecular weight is 442 g/mol. The summed E-state index contributed by atoms with van der Waals surface area (Å²) in [6.45, 7) is 4.03. The lowest BCUT2D eigenvalue weighted by molar-refractivity contribution is 0.0916. The standard InChI is InChI=1S/C26H27N5O2/c1-2-3-12-33-26(32)30-10-8-19(9-11-30)22-16-28-23-6-5-20(14-21(22)23)31-17-29-24-13-18(15-27)4-7-25(24)31/h4-7,13-14,16-17,19,28H,2-3,8-12H2,1H3. The van der Waals surface area contributed by atoms with Gasteiger partial charge in [-0.25, -0.2) is 9.78 Å². The van der Waals surface area contributed by atoms with E-state index in [0.29, 0.717) is 18.1 Å². The van der Waals surface area contributed by atoms with Crippen molar-refractivity contribution >= 4 is 28.0 Å². The molecule has 0 saturated carbocycles. The summed E-state index contributed by atoms with van der Waals surface area (Å²) in [5, 5.41) is 10.3. The third-order valence-electron chi connectivity index (χ3n) is 6.57. The largest absolute Gasteiger partial charge is 0.449 e. The Morgan fingerprint density at radius 2 is 2.09 bits per heavy atom. The quantitative estimate of drug-likeness (QED) is 0.415. The van der Waals surface area contributed by atoms with Gasteiger partial charge in [0, 0.05) is 35.9 Å². The molecule has 5 rings (SSSR count). The van der Waals surface area contributed by atoms with Crippen molar-refractivity contribution in [1.29, 1.82) is 5.26 Å². The van der Waals surface area contributed by atoms with Crippen LogP contribution in [0, 0.1) is 11.3 Å². The van der Waals surface area contributed by atoms with Crippen molar-refractivity contribution in [3.63, 3.8) is 0 Å². The Morgan fingerprint density at radius 3 is 2.88 bits per heavy atom. The van der Waals surface area contributed by atoms with E-state index >= 15 is 0 Å². The fourth-order valence-electron chi connectivity index (χ4n) is 4.67. The van der Waals surface area contributed by atoms with Crippen LogP contribution in [-0.2, 0) is 4.74 Å². The molecule has 1 saturated heterocycles. The number of carbonyl (C=O) groups excluding carboxylic acids is 1. The highest BCUT2D eigenvalue weighted by Crippen LogP contribution is 2.34. The molecule has 0 bridgehead atoms. The number of carbonyl (C=O) groups is 1. The van der Waals surface area contributed by atoms with Gasteiger partial charge in [0.25, 0.3) is 0 Å². The van der Waals surface area contributed by atoms with Crippen molar-refractivity contribution in [2.24, 2.45) is 0 Å². The lowest BCUT2D eigenvalue weighted by atomic mass is 9.89. The molecule has 2 aromatic carbocycles. The minimum absolute atomic E-state index is 0.186. The van der Waals surface area contributed by atoms with E-state index in [1.807, 2.05) is 29.4 Å². The molecule has 1 amide bonds. The number of imidazole rings is 1. The molecule has 0 aliphatic carbocycles. The fourth-order valence-corrected chi connectivity index (χ4v) is 4.67. The molecule has 1 fully saturated rings. The van der Waals surface area contributed by atoms with Crippen molar-refractivity contribution in [1.82, 2.24) is 19.4 Å². The molecule has 0 atom stereocenters. The van der Waals surface area contributed by atoms with E-state index in [-0.39, 0.29) is 6.09 Å². The van der Waals surface area contributed by atoms with E-state index in [4.69, 9.17) is 10.00 Å². The number of aromatic nitrogens is 3. The molecule has 33 heavy (non-hydrogen) atoms. The summed E-state index contributed by atoms with van der Waals surface area (Å²) < 4.78 is 7.44. The molecule has 0 radical (unpaired) electrons. The van der Waals surface area contributed by atoms with Crippen LogP contribution in [0.25, 0.3) is 27.6 Å². The SMILES string of the molecule is CCCCOC(=O)N1CCC(c2c[nH]c3ccc(-n4cnc5cc(C#N)ccc54)cc23)CC1. The molecule has 0 spiro atoms. The Morgan fingerprint density at radius 1 is 1.24 bits per heavy atom. The second-order valence-electron chi connectivity index (χ2n) is 8.63. The summed E-state index contributed by atoms with van der Waals surface area (Å²) in [5.41, 5.74) is 5.82. The molecule has 2 aromatic heterocycles. The van der Waals surface area contributed by atoms with Crippen molar-refractivity contribution in [2.45, 2.75) is 38.5 Å². The number of nitrogens with zero attached hydrogens (tertiary/aromatic N) is 4. The first-order valence-electron chi connectivity index (χ1n) is 11.6. The molecular weight excluding hydrogens is 414 g/mol. The van der Waals surface area contributed by atoms with Gasteiger partial charge in [0.2, 0.25) is 0 Å². The minimum atomic E-state index is -0.186. The number of hydrogen-bond donors (Lipinski definition) is 1. The maximum atomic E-state index is 12.3. The summed E-state index contributed by atoms with van der Waals surface area (Å²) in [7, 11) is 0. The first kappa shape index (κ1) is 21.1. The van der Waals surface area contributed by atoms with E-state index in [1.165, 1.54) is 10.9 Å². The molecule has 1 aliphatic rings. The minimum Gasteiger partial charge on any atom is -0.449 e. The number of unbranched alkanes of at least 4 members (excludes halogenated alkanes) is 1. The molecule has 168 valence electrons. The molecule has 7 nitrogen and oxygen atoms in total. The highest BCUT2D eigenvalue weighted by molar-refractivity contribution is 5.87. The number of amides is 1. The van der Waals surface area contributed by atoms with Crippen LogP contribution in [0.2, 0.25) is 0 Å². The second kappa shape index (κ2) is 8.99. The average Bonchev–Trinajstić information content (AvgIpc) is 3.47. The van der Waals surface area contributed by atoms with Crippen molar-refractivity contribution < 1.29 is 9.53 Å². The lowest BCUT2D eigenvalue weighted by Crippen LogP contribution is -2.38. The third-order valence-corrected chi connectivity index (χ3v) is 6.57. The van der Waals surface area contributed by atoms with Gasteiger partial charge in [-0.15, -0.1) is 0 Å². The maximum absolute atomic E-state index is 12.3. The van der Waals surface area contributed by atoms with Gasteiger partial charge in [-0.1, -0.05) is 13.3 Å². The number of nitriles is 1. The van der Waals surface area contributed by atoms with Crippen LogP contribution in [-0.4, -0.2) is 45.2 Å². The van der Waals surface area contributed by atoms with Crippen LogP contribution in [0.15, 0.2) is 48.9 Å².